The fourth-order valence-electron chi connectivity index (χ4n) is 3.02. The van der Waals surface area contributed by atoms with Crippen LogP contribution in [0.3, 0.4) is 0 Å². The average Bonchev–Trinajstić information content (AvgIpc) is 2.60. The summed E-state index contributed by atoms with van der Waals surface area (Å²) in [5.74, 6) is -0.775. The Bertz CT molecular complexity index is 852. The number of aryl methyl sites for hydroxylation is 1. The first-order valence-corrected chi connectivity index (χ1v) is 10.6. The Morgan fingerprint density at radius 1 is 1.19 bits per heavy atom. The van der Waals surface area contributed by atoms with E-state index in [0.29, 0.717) is 11.1 Å². The molecule has 1 aromatic carbocycles. The minimum absolute atomic E-state index is 0.0708. The number of rotatable bonds is 7. The van der Waals surface area contributed by atoms with Crippen LogP contribution in [0.25, 0.3) is 0 Å². The van der Waals surface area contributed by atoms with E-state index in [1.807, 2.05) is 20.8 Å². The van der Waals surface area contributed by atoms with Crippen LogP contribution >= 0.6 is 0 Å². The molecule has 0 aliphatic carbocycles. The van der Waals surface area contributed by atoms with E-state index in [9.17, 15) is 19.5 Å². The number of hydrogen-bond donors (Lipinski definition) is 3. The van der Waals surface area contributed by atoms with E-state index in [2.05, 4.69) is 17.2 Å². The second-order valence-corrected chi connectivity index (χ2v) is 9.83. The number of nitrogens with one attached hydrogen (secondary N) is 2. The summed E-state index contributed by atoms with van der Waals surface area (Å²) >= 11 is 0. The van der Waals surface area contributed by atoms with Gasteiger partial charge in [-0.05, 0) is 78.6 Å². The Kier molecular flexibility index (Phi) is 8.88. The molecular formula is C24H37N3O5. The van der Waals surface area contributed by atoms with Gasteiger partial charge in [0.15, 0.2) is 0 Å². The molecule has 0 radical (unpaired) electrons. The van der Waals surface area contributed by atoms with Crippen LogP contribution in [0.4, 0.5) is 4.79 Å². The van der Waals surface area contributed by atoms with Crippen molar-refractivity contribution in [3.05, 3.63) is 42.0 Å². The zero-order valence-corrected chi connectivity index (χ0v) is 20.4. The summed E-state index contributed by atoms with van der Waals surface area (Å²) in [6.07, 6.45) is 0.788. The smallest absolute Gasteiger partial charge is 0.408 e. The third-order valence-corrected chi connectivity index (χ3v) is 4.31. The van der Waals surface area contributed by atoms with Gasteiger partial charge in [-0.2, -0.15) is 0 Å². The van der Waals surface area contributed by atoms with Crippen LogP contribution in [0.1, 0.15) is 65.6 Å². The first-order chi connectivity index (χ1) is 14.6. The molecule has 8 heteroatoms. The summed E-state index contributed by atoms with van der Waals surface area (Å²) in [5.41, 5.74) is -0.152. The van der Waals surface area contributed by atoms with Crippen molar-refractivity contribution in [3.8, 4) is 5.75 Å². The molecule has 0 saturated heterocycles. The third kappa shape index (κ3) is 8.24. The quantitative estimate of drug-likeness (QED) is 0.554. The Morgan fingerprint density at radius 2 is 1.78 bits per heavy atom. The first-order valence-electron chi connectivity index (χ1n) is 10.6. The largest absolute Gasteiger partial charge is 0.508 e. The van der Waals surface area contributed by atoms with Crippen molar-refractivity contribution < 1.29 is 24.2 Å². The van der Waals surface area contributed by atoms with Crippen molar-refractivity contribution in [2.45, 2.75) is 78.6 Å². The molecule has 2 atom stereocenters. The molecule has 178 valence electrons. The van der Waals surface area contributed by atoms with Gasteiger partial charge in [-0.1, -0.05) is 12.1 Å². The van der Waals surface area contributed by atoms with E-state index in [-0.39, 0.29) is 18.2 Å². The number of carbonyl (C=O) groups excluding carboxylic acids is 3. The van der Waals surface area contributed by atoms with E-state index in [1.165, 1.54) is 24.0 Å². The molecule has 1 rings (SSSR count). The van der Waals surface area contributed by atoms with Crippen molar-refractivity contribution >= 4 is 17.9 Å². The van der Waals surface area contributed by atoms with Gasteiger partial charge in [0.1, 0.15) is 23.4 Å². The maximum Gasteiger partial charge on any atom is 0.408 e. The third-order valence-electron chi connectivity index (χ3n) is 4.31. The van der Waals surface area contributed by atoms with Crippen LogP contribution in [0.5, 0.6) is 5.75 Å². The molecule has 3 N–H and O–H groups in total. The number of aromatic hydroxyl groups is 1. The van der Waals surface area contributed by atoms with Gasteiger partial charge >= 0.3 is 6.09 Å². The molecular weight excluding hydrogens is 410 g/mol. The monoisotopic (exact) mass is 447 g/mol. The van der Waals surface area contributed by atoms with Crippen molar-refractivity contribution in [1.82, 2.24) is 15.5 Å². The Morgan fingerprint density at radius 3 is 2.25 bits per heavy atom. The van der Waals surface area contributed by atoms with Crippen molar-refractivity contribution in [1.29, 1.82) is 0 Å². The first kappa shape index (κ1) is 27.0. The normalized spacial score (nSPS) is 13.5. The highest BCUT2D eigenvalue weighted by molar-refractivity contribution is 5.92. The highest BCUT2D eigenvalue weighted by atomic mass is 16.6. The lowest BCUT2D eigenvalue weighted by atomic mass is 9.99. The highest BCUT2D eigenvalue weighted by Crippen LogP contribution is 2.27. The van der Waals surface area contributed by atoms with Crippen LogP contribution in [-0.4, -0.2) is 51.6 Å². The maximum absolute atomic E-state index is 13.3. The van der Waals surface area contributed by atoms with Gasteiger partial charge in [-0.3, -0.25) is 9.59 Å². The Balaban J connectivity index is 3.34. The SMILES string of the molecule is C=CCN(C(=O)C(C)NC(=O)OC(C)(C)C)C(C(=O)NC(C)(C)C)c1ccc(O)c(C)c1. The number of benzene rings is 1. The van der Waals surface area contributed by atoms with Gasteiger partial charge in [0, 0.05) is 12.1 Å². The summed E-state index contributed by atoms with van der Waals surface area (Å²) in [6.45, 7) is 17.7. The number of carbonyl (C=O) groups is 3. The van der Waals surface area contributed by atoms with Gasteiger partial charge in [0.25, 0.3) is 0 Å². The van der Waals surface area contributed by atoms with Gasteiger partial charge < -0.3 is 25.4 Å². The van der Waals surface area contributed by atoms with Crippen LogP contribution in [0.2, 0.25) is 0 Å². The van der Waals surface area contributed by atoms with E-state index >= 15 is 0 Å². The van der Waals surface area contributed by atoms with Crippen LogP contribution in [0, 0.1) is 6.92 Å². The number of amides is 3. The van der Waals surface area contributed by atoms with Gasteiger partial charge in [-0.25, -0.2) is 4.79 Å². The fraction of sp³-hybridized carbons (Fsp3) is 0.542. The lowest BCUT2D eigenvalue weighted by Crippen LogP contribution is -2.53. The lowest BCUT2D eigenvalue weighted by Gasteiger charge is -2.35. The maximum atomic E-state index is 13.3. The standard InChI is InChI=1S/C24H37N3O5/c1-10-13-27(21(30)16(3)25-22(31)32-24(7,8)9)19(20(29)26-23(4,5)6)17-11-12-18(28)15(2)14-17/h10-12,14,16,19,28H,1,13H2,2-9H3,(H,25,31)(H,26,29). The number of ether oxygens (including phenoxy) is 1. The summed E-state index contributed by atoms with van der Waals surface area (Å²) < 4.78 is 5.24. The Labute approximate surface area is 191 Å². The van der Waals surface area contributed by atoms with Gasteiger partial charge in [-0.15, -0.1) is 6.58 Å². The number of hydrogen-bond acceptors (Lipinski definition) is 5. The fourth-order valence-corrected chi connectivity index (χ4v) is 3.02. The van der Waals surface area contributed by atoms with E-state index in [1.54, 1.807) is 39.8 Å². The molecule has 0 aliphatic heterocycles. The summed E-state index contributed by atoms with van der Waals surface area (Å²) in [6, 6.07) is 2.80. The molecule has 3 amide bonds. The molecule has 0 bridgehead atoms. The summed E-state index contributed by atoms with van der Waals surface area (Å²) in [4.78, 5) is 40.2. The predicted octanol–water partition coefficient (Wildman–Crippen LogP) is 3.58. The van der Waals surface area contributed by atoms with Gasteiger partial charge in [0.2, 0.25) is 11.8 Å². The minimum Gasteiger partial charge on any atom is -0.508 e. The van der Waals surface area contributed by atoms with Crippen molar-refractivity contribution in [3.63, 3.8) is 0 Å². The van der Waals surface area contributed by atoms with Crippen LogP contribution < -0.4 is 10.6 Å². The predicted molar refractivity (Wildman–Crippen MR) is 124 cm³/mol. The molecule has 0 aliphatic rings. The summed E-state index contributed by atoms with van der Waals surface area (Å²) in [7, 11) is 0. The second kappa shape index (κ2) is 10.5. The van der Waals surface area contributed by atoms with E-state index in [0.717, 1.165) is 0 Å². The molecule has 0 spiro atoms. The van der Waals surface area contributed by atoms with Crippen molar-refractivity contribution in [2.24, 2.45) is 0 Å². The number of phenols is 1. The zero-order valence-electron chi connectivity index (χ0n) is 20.4. The minimum atomic E-state index is -0.998. The molecule has 0 aromatic heterocycles. The second-order valence-electron chi connectivity index (χ2n) is 9.83. The highest BCUT2D eigenvalue weighted by Gasteiger charge is 2.35. The van der Waals surface area contributed by atoms with E-state index < -0.39 is 35.2 Å². The molecule has 8 nitrogen and oxygen atoms in total. The molecule has 0 heterocycles. The topological polar surface area (TPSA) is 108 Å². The summed E-state index contributed by atoms with van der Waals surface area (Å²) in [5, 5.41) is 15.4. The number of phenolic OH excluding ortho intramolecular Hbond substituents is 1. The Hall–Kier alpha value is -3.03. The molecule has 32 heavy (non-hydrogen) atoms. The van der Waals surface area contributed by atoms with Gasteiger partial charge in [0.05, 0.1) is 0 Å². The number of nitrogens with zero attached hydrogens (tertiary/aromatic N) is 1. The molecule has 1 aromatic rings. The van der Waals surface area contributed by atoms with Crippen LogP contribution in [0.15, 0.2) is 30.9 Å². The molecule has 0 fully saturated rings. The van der Waals surface area contributed by atoms with E-state index in [4.69, 9.17) is 4.74 Å². The zero-order chi connectivity index (χ0) is 24.9. The number of alkyl carbamates (subject to hydrolysis) is 1. The van der Waals surface area contributed by atoms with Crippen LogP contribution in [-0.2, 0) is 14.3 Å². The molecule has 0 saturated carbocycles. The lowest BCUT2D eigenvalue weighted by molar-refractivity contribution is -0.142. The average molecular weight is 448 g/mol. The van der Waals surface area contributed by atoms with Crippen molar-refractivity contribution in [2.75, 3.05) is 6.54 Å². The molecule has 2 unspecified atom stereocenters.